The highest BCUT2D eigenvalue weighted by Crippen LogP contribution is 2.27. The van der Waals surface area contributed by atoms with Gasteiger partial charge in [0, 0.05) is 32.1 Å². The maximum atomic E-state index is 12.8. The molecule has 0 aromatic heterocycles. The molecular formula is C22H33N5O4. The second-order valence-corrected chi connectivity index (χ2v) is 7.87. The van der Waals surface area contributed by atoms with Crippen molar-refractivity contribution in [2.45, 2.75) is 51.0 Å². The highest BCUT2D eigenvalue weighted by molar-refractivity contribution is 5.85. The van der Waals surface area contributed by atoms with Crippen LogP contribution in [0.15, 0.2) is 35.3 Å². The fourth-order valence-corrected chi connectivity index (χ4v) is 3.86. The Bertz CT molecular complexity index is 764. The van der Waals surface area contributed by atoms with Crippen molar-refractivity contribution in [2.75, 3.05) is 19.6 Å². The first kappa shape index (κ1) is 24.2. The molecule has 2 atom stereocenters. The topological polar surface area (TPSA) is 151 Å². The largest absolute Gasteiger partial charge is 0.481 e. The van der Waals surface area contributed by atoms with E-state index in [1.165, 1.54) is 5.56 Å². The SMILES string of the molecule is NC(N)=NCCCCC(=O)NC[C@@H]1C[C@@H](CC(=O)O)C(=O)N1CCCc1ccccc1. The summed E-state index contributed by atoms with van der Waals surface area (Å²) in [5, 5.41) is 12.0. The van der Waals surface area contributed by atoms with Crippen molar-refractivity contribution in [1.29, 1.82) is 0 Å². The summed E-state index contributed by atoms with van der Waals surface area (Å²) in [6, 6.07) is 9.83. The van der Waals surface area contributed by atoms with Gasteiger partial charge >= 0.3 is 5.97 Å². The lowest BCUT2D eigenvalue weighted by molar-refractivity contribution is -0.142. The monoisotopic (exact) mass is 431 g/mol. The fourth-order valence-electron chi connectivity index (χ4n) is 3.86. The average molecular weight is 432 g/mol. The molecule has 1 fully saturated rings. The van der Waals surface area contributed by atoms with Gasteiger partial charge in [-0.05, 0) is 37.7 Å². The molecule has 6 N–H and O–H groups in total. The molecule has 31 heavy (non-hydrogen) atoms. The van der Waals surface area contributed by atoms with Gasteiger partial charge in [-0.1, -0.05) is 30.3 Å². The van der Waals surface area contributed by atoms with E-state index < -0.39 is 11.9 Å². The Morgan fingerprint density at radius 1 is 1.16 bits per heavy atom. The van der Waals surface area contributed by atoms with Crippen molar-refractivity contribution in [3.8, 4) is 0 Å². The van der Waals surface area contributed by atoms with Gasteiger partial charge in [-0.2, -0.15) is 0 Å². The molecule has 1 aromatic carbocycles. The van der Waals surface area contributed by atoms with E-state index in [0.717, 1.165) is 12.8 Å². The Balaban J connectivity index is 1.83. The molecule has 0 spiro atoms. The van der Waals surface area contributed by atoms with Crippen molar-refractivity contribution >= 4 is 23.7 Å². The van der Waals surface area contributed by atoms with E-state index in [4.69, 9.17) is 16.6 Å². The number of aliphatic carboxylic acids is 1. The Morgan fingerprint density at radius 3 is 2.58 bits per heavy atom. The van der Waals surface area contributed by atoms with E-state index in [-0.39, 0.29) is 30.2 Å². The van der Waals surface area contributed by atoms with Crippen molar-refractivity contribution in [1.82, 2.24) is 10.2 Å². The maximum Gasteiger partial charge on any atom is 0.304 e. The summed E-state index contributed by atoms with van der Waals surface area (Å²) in [6.07, 6.45) is 3.61. The smallest absolute Gasteiger partial charge is 0.304 e. The molecule has 170 valence electrons. The van der Waals surface area contributed by atoms with Crippen molar-refractivity contribution in [3.05, 3.63) is 35.9 Å². The minimum atomic E-state index is -0.979. The quantitative estimate of drug-likeness (QED) is 0.207. The molecule has 1 saturated heterocycles. The lowest BCUT2D eigenvalue weighted by Crippen LogP contribution is -2.42. The number of likely N-dealkylation sites (tertiary alicyclic amines) is 1. The van der Waals surface area contributed by atoms with Gasteiger partial charge in [-0.3, -0.25) is 19.4 Å². The first-order chi connectivity index (χ1) is 14.9. The second-order valence-electron chi connectivity index (χ2n) is 7.87. The predicted octanol–water partition coefficient (Wildman–Crippen LogP) is 0.871. The summed E-state index contributed by atoms with van der Waals surface area (Å²) < 4.78 is 0. The number of nitrogens with zero attached hydrogens (tertiary/aromatic N) is 2. The molecule has 0 radical (unpaired) electrons. The molecule has 0 saturated carbocycles. The van der Waals surface area contributed by atoms with Crippen LogP contribution in [0.2, 0.25) is 0 Å². The van der Waals surface area contributed by atoms with E-state index >= 15 is 0 Å². The number of hydrogen-bond acceptors (Lipinski definition) is 4. The van der Waals surface area contributed by atoms with Gasteiger partial charge in [0.15, 0.2) is 5.96 Å². The van der Waals surface area contributed by atoms with E-state index in [2.05, 4.69) is 10.3 Å². The highest BCUT2D eigenvalue weighted by atomic mass is 16.4. The lowest BCUT2D eigenvalue weighted by Gasteiger charge is -2.25. The van der Waals surface area contributed by atoms with E-state index in [9.17, 15) is 14.4 Å². The summed E-state index contributed by atoms with van der Waals surface area (Å²) in [7, 11) is 0. The molecule has 1 aliphatic rings. The Kier molecular flexibility index (Phi) is 9.80. The number of guanidine groups is 1. The molecule has 1 aliphatic heterocycles. The number of rotatable bonds is 13. The van der Waals surface area contributed by atoms with E-state index in [1.54, 1.807) is 4.90 Å². The Labute approximate surface area is 182 Å². The summed E-state index contributed by atoms with van der Waals surface area (Å²) in [5.74, 6) is -1.70. The fraction of sp³-hybridized carbons (Fsp3) is 0.545. The minimum Gasteiger partial charge on any atom is -0.481 e. The Hall–Kier alpha value is -3.10. The zero-order valence-corrected chi connectivity index (χ0v) is 17.8. The minimum absolute atomic E-state index is 0.0404. The number of hydrogen-bond donors (Lipinski definition) is 4. The van der Waals surface area contributed by atoms with Crippen LogP contribution in [0.1, 0.15) is 44.1 Å². The first-order valence-corrected chi connectivity index (χ1v) is 10.7. The first-order valence-electron chi connectivity index (χ1n) is 10.7. The Morgan fingerprint density at radius 2 is 1.90 bits per heavy atom. The average Bonchev–Trinajstić information content (AvgIpc) is 3.01. The standard InChI is InChI=1S/C22H33N5O4/c23-22(24)25-11-5-4-10-19(28)26-15-18-13-17(14-20(29)30)21(31)27(18)12-6-9-16-7-2-1-3-8-16/h1-3,7-8,17-18H,4-6,9-15H2,(H,26,28)(H,29,30)(H4,23,24,25)/t17-,18-/m0/s1. The number of benzene rings is 1. The number of amides is 2. The van der Waals surface area contributed by atoms with E-state index in [0.29, 0.717) is 45.3 Å². The van der Waals surface area contributed by atoms with Gasteiger partial charge in [0.2, 0.25) is 11.8 Å². The summed E-state index contributed by atoms with van der Waals surface area (Å²) in [5.41, 5.74) is 11.7. The van der Waals surface area contributed by atoms with Gasteiger partial charge in [-0.25, -0.2) is 0 Å². The number of carbonyl (C=O) groups excluding carboxylic acids is 2. The number of nitrogens with two attached hydrogens (primary N) is 2. The molecule has 1 heterocycles. The van der Waals surface area contributed by atoms with Crippen molar-refractivity contribution in [2.24, 2.45) is 22.4 Å². The van der Waals surface area contributed by atoms with Gasteiger partial charge in [0.05, 0.1) is 12.3 Å². The van der Waals surface area contributed by atoms with Gasteiger partial charge < -0.3 is 26.8 Å². The number of unbranched alkanes of at least 4 members (excludes halogenated alkanes) is 1. The van der Waals surface area contributed by atoms with E-state index in [1.807, 2.05) is 30.3 Å². The molecule has 0 aliphatic carbocycles. The number of carboxylic acid groups (broad SMARTS) is 1. The summed E-state index contributed by atoms with van der Waals surface area (Å²) >= 11 is 0. The van der Waals surface area contributed by atoms with Crippen molar-refractivity contribution in [3.63, 3.8) is 0 Å². The van der Waals surface area contributed by atoms with Gasteiger partial charge in [0.25, 0.3) is 0 Å². The number of aryl methyl sites for hydroxylation is 1. The van der Waals surface area contributed by atoms with Crippen LogP contribution >= 0.6 is 0 Å². The lowest BCUT2D eigenvalue weighted by atomic mass is 10.0. The maximum absolute atomic E-state index is 12.8. The molecule has 2 amide bonds. The van der Waals surface area contributed by atoms with Crippen LogP contribution < -0.4 is 16.8 Å². The van der Waals surface area contributed by atoms with Crippen molar-refractivity contribution < 1.29 is 19.5 Å². The number of aliphatic imine (C=N–C) groups is 1. The van der Waals surface area contributed by atoms with Crippen LogP contribution in [-0.4, -0.2) is 59.4 Å². The zero-order chi connectivity index (χ0) is 22.6. The van der Waals surface area contributed by atoms with Crippen LogP contribution in [0.5, 0.6) is 0 Å². The van der Waals surface area contributed by atoms with Crippen LogP contribution in [0.4, 0.5) is 0 Å². The third-order valence-electron chi connectivity index (χ3n) is 5.40. The predicted molar refractivity (Wildman–Crippen MR) is 118 cm³/mol. The molecule has 9 nitrogen and oxygen atoms in total. The van der Waals surface area contributed by atoms with Gasteiger partial charge in [-0.15, -0.1) is 0 Å². The molecule has 2 rings (SSSR count). The highest BCUT2D eigenvalue weighted by Gasteiger charge is 2.39. The van der Waals surface area contributed by atoms with Crippen LogP contribution in [-0.2, 0) is 20.8 Å². The molecule has 9 heteroatoms. The molecule has 0 unspecified atom stereocenters. The molecule has 1 aromatic rings. The molecular weight excluding hydrogens is 398 g/mol. The molecule has 0 bridgehead atoms. The number of nitrogens with one attached hydrogen (secondary N) is 1. The second kappa shape index (κ2) is 12.6. The number of carbonyl (C=O) groups is 3. The summed E-state index contributed by atoms with van der Waals surface area (Å²) in [6.45, 7) is 1.36. The zero-order valence-electron chi connectivity index (χ0n) is 17.8. The van der Waals surface area contributed by atoms with Crippen LogP contribution in [0.25, 0.3) is 0 Å². The third kappa shape index (κ3) is 8.65. The normalized spacial score (nSPS) is 18.1. The van der Waals surface area contributed by atoms with Crippen LogP contribution in [0.3, 0.4) is 0 Å². The van der Waals surface area contributed by atoms with Crippen LogP contribution in [0, 0.1) is 5.92 Å². The van der Waals surface area contributed by atoms with Gasteiger partial charge in [0.1, 0.15) is 0 Å². The summed E-state index contributed by atoms with van der Waals surface area (Å²) in [4.78, 5) is 41.7. The number of carboxylic acids is 1. The third-order valence-corrected chi connectivity index (χ3v) is 5.40.